The molecule has 30 heteroatoms. The van der Waals surface area contributed by atoms with Crippen molar-refractivity contribution >= 4 is 35.1 Å². The van der Waals surface area contributed by atoms with Gasteiger partial charge in [-0.1, -0.05) is 0 Å². The van der Waals surface area contributed by atoms with Crippen molar-refractivity contribution in [2.75, 3.05) is 31.8 Å². The van der Waals surface area contributed by atoms with Crippen LogP contribution in [-0.2, 0) is 4.74 Å². The van der Waals surface area contributed by atoms with Gasteiger partial charge in [0.05, 0.1) is 64.3 Å². The molecule has 0 radical (unpaired) electrons. The molecule has 0 saturated heterocycles. The number of aromatic nitrogens is 2. The number of hydrogen-bond acceptors (Lipinski definition) is 13. The summed E-state index contributed by atoms with van der Waals surface area (Å²) in [4.78, 5) is 55.8. The smallest absolute Gasteiger partial charge is 0.490 e. The molecular weight excluding hydrogens is 1050 g/mol. The summed E-state index contributed by atoms with van der Waals surface area (Å²) in [5, 5.41) is 4.21. The Morgan fingerprint density at radius 2 is 0.920 bits per heavy atom. The molecule has 398 valence electrons. The quantitative estimate of drug-likeness (QED) is 0.0609. The lowest BCUT2D eigenvalue weighted by Gasteiger charge is -2.17. The van der Waals surface area contributed by atoms with Crippen LogP contribution in [0.2, 0.25) is 0 Å². The van der Waals surface area contributed by atoms with Crippen molar-refractivity contribution in [2.24, 2.45) is 5.73 Å². The Balaban J connectivity index is 0.000000297. The Bertz CT molecular complexity index is 3320. The van der Waals surface area contributed by atoms with Crippen molar-refractivity contribution in [2.45, 2.75) is 25.6 Å². The van der Waals surface area contributed by atoms with Crippen molar-refractivity contribution in [1.29, 1.82) is 0 Å². The average Bonchev–Trinajstić information content (AvgIpc) is 3.36. The summed E-state index contributed by atoms with van der Waals surface area (Å²) in [6.07, 6.45) is -15.8. The van der Waals surface area contributed by atoms with Crippen LogP contribution in [0, 0.1) is 23.3 Å². The van der Waals surface area contributed by atoms with Gasteiger partial charge in [-0.05, 0) is 72.8 Å². The standard InChI is InChI=1S/C23H15F7N2O6.C22H14F7N3O5/c1-35-19-15(8-7-14(18(19)25)38-23(28,29)30)37-13-6-4-11(20(26)27)17(24)16(13)21(33)32-10-3-5-12(31-9-10)22(34)36-2;1-35-18-14(7-6-13(17(18)24)37-22(27,28)29)36-12-5-3-10(19(25)26)16(23)15(12)21(34)32-9-2-4-11(20(30)33)31-8-9/h3-9,20H,1-2H3,(H,32,33);2-8,19H,1H3,(H2,30,33)(H,32,34)/i2*1D3. The van der Waals surface area contributed by atoms with Gasteiger partial charge in [-0.15, -0.1) is 26.3 Å². The number of benzene rings is 4. The van der Waals surface area contributed by atoms with Gasteiger partial charge in [0.2, 0.25) is 23.1 Å². The summed E-state index contributed by atoms with van der Waals surface area (Å²) in [5.74, 6) is -22.0. The van der Waals surface area contributed by atoms with E-state index in [0.717, 1.165) is 43.8 Å². The number of esters is 1. The van der Waals surface area contributed by atoms with Crippen molar-refractivity contribution < 1.29 is 122 Å². The number of nitrogens with one attached hydrogen (secondary N) is 2. The van der Waals surface area contributed by atoms with Gasteiger partial charge in [0.15, 0.2) is 23.0 Å². The summed E-state index contributed by atoms with van der Waals surface area (Å²) in [7, 11) is -5.83. The Labute approximate surface area is 418 Å². The van der Waals surface area contributed by atoms with Gasteiger partial charge in [-0.2, -0.15) is 8.78 Å². The third kappa shape index (κ3) is 14.1. The number of nitrogens with zero attached hydrogens (tertiary/aromatic N) is 2. The van der Waals surface area contributed by atoms with Gasteiger partial charge in [0.25, 0.3) is 30.6 Å². The van der Waals surface area contributed by atoms with E-state index in [1.807, 2.05) is 0 Å². The molecule has 0 aliphatic heterocycles. The topological polar surface area (TPSA) is 209 Å². The van der Waals surface area contributed by atoms with Crippen LogP contribution in [0.4, 0.5) is 72.8 Å². The lowest BCUT2D eigenvalue weighted by Crippen LogP contribution is -2.18. The van der Waals surface area contributed by atoms with E-state index < -0.39 is 155 Å². The summed E-state index contributed by atoms with van der Waals surface area (Å²) in [5.41, 5.74) is -0.604. The van der Waals surface area contributed by atoms with E-state index in [0.29, 0.717) is 48.5 Å². The van der Waals surface area contributed by atoms with E-state index in [1.165, 1.54) is 0 Å². The highest BCUT2D eigenvalue weighted by Crippen LogP contribution is 2.44. The Morgan fingerprint density at radius 1 is 0.547 bits per heavy atom. The second-order valence-electron chi connectivity index (χ2n) is 13.8. The molecule has 16 nitrogen and oxygen atoms in total. The fourth-order valence-corrected chi connectivity index (χ4v) is 5.81. The minimum atomic E-state index is -5.40. The first-order valence-corrected chi connectivity index (χ1v) is 19.5. The molecule has 6 aromatic rings. The summed E-state index contributed by atoms with van der Waals surface area (Å²) < 4.78 is 263. The molecule has 0 bridgehead atoms. The molecule has 4 N–H and O–H groups in total. The molecule has 0 aliphatic carbocycles. The number of rotatable bonds is 16. The maximum atomic E-state index is 15.1. The van der Waals surface area contributed by atoms with Gasteiger partial charge in [0.1, 0.15) is 45.6 Å². The highest BCUT2D eigenvalue weighted by Gasteiger charge is 2.36. The van der Waals surface area contributed by atoms with Gasteiger partial charge < -0.3 is 49.5 Å². The number of halogens is 14. The lowest BCUT2D eigenvalue weighted by molar-refractivity contribution is -0.276. The molecule has 0 saturated carbocycles. The molecule has 3 amide bonds. The van der Waals surface area contributed by atoms with Crippen molar-refractivity contribution in [3.63, 3.8) is 0 Å². The minimum absolute atomic E-state index is 0.165. The van der Waals surface area contributed by atoms with Crippen molar-refractivity contribution in [3.05, 3.63) is 142 Å². The van der Waals surface area contributed by atoms with Crippen LogP contribution in [0.25, 0.3) is 0 Å². The number of primary amides is 1. The SMILES string of the molecule is [2H]C([2H])([2H])Oc1c(Oc2ccc(C(F)F)c(F)c2C(=O)Nc2ccc(C(=O)OC)nc2)ccc(OC(F)(F)F)c1F.[2H]C([2H])([2H])Oc1c(Oc2ccc(C(F)F)c(F)c2C(=O)Nc2ccc(C(N)=O)nc2)ccc(OC(F)(F)F)c1F. The van der Waals surface area contributed by atoms with Crippen molar-refractivity contribution in [1.82, 2.24) is 9.97 Å². The van der Waals surface area contributed by atoms with Crippen LogP contribution in [0.15, 0.2) is 85.2 Å². The van der Waals surface area contributed by atoms with Crippen LogP contribution in [0.1, 0.15) is 73.9 Å². The molecule has 75 heavy (non-hydrogen) atoms. The minimum Gasteiger partial charge on any atom is -0.490 e. The van der Waals surface area contributed by atoms with E-state index in [-0.39, 0.29) is 22.8 Å². The molecule has 0 aliphatic rings. The summed E-state index contributed by atoms with van der Waals surface area (Å²) in [6, 6.07) is 8.52. The number of anilines is 2. The zero-order valence-corrected chi connectivity index (χ0v) is 36.5. The lowest BCUT2D eigenvalue weighted by atomic mass is 10.1. The molecule has 0 fully saturated rings. The van der Waals surface area contributed by atoms with E-state index in [1.54, 1.807) is 0 Å². The number of pyridine rings is 2. The molecule has 2 heterocycles. The molecule has 4 aromatic carbocycles. The molecule has 2 aromatic heterocycles. The van der Waals surface area contributed by atoms with Crippen LogP contribution >= 0.6 is 0 Å². The van der Waals surface area contributed by atoms with Gasteiger partial charge in [-0.25, -0.2) is 41.1 Å². The third-order valence-corrected chi connectivity index (χ3v) is 9.03. The highest BCUT2D eigenvalue weighted by molar-refractivity contribution is 6.07. The van der Waals surface area contributed by atoms with Gasteiger partial charge in [0, 0.05) is 0 Å². The first kappa shape index (κ1) is 48.2. The van der Waals surface area contributed by atoms with Crippen LogP contribution < -0.4 is 44.8 Å². The monoisotopic (exact) mass is 1090 g/mol. The Kier molecular flexibility index (Phi) is 15.2. The first-order valence-electron chi connectivity index (χ1n) is 22.5. The molecule has 0 unspecified atom stereocenters. The van der Waals surface area contributed by atoms with Crippen LogP contribution in [-0.4, -0.2) is 67.6 Å². The second-order valence-corrected chi connectivity index (χ2v) is 13.8. The number of nitrogens with two attached hydrogens (primary N) is 1. The van der Waals surface area contributed by atoms with Crippen LogP contribution in [0.3, 0.4) is 0 Å². The van der Waals surface area contributed by atoms with E-state index in [2.05, 4.69) is 44.3 Å². The zero-order valence-electron chi connectivity index (χ0n) is 42.5. The van der Waals surface area contributed by atoms with Crippen LogP contribution in [0.5, 0.6) is 46.0 Å². The van der Waals surface area contributed by atoms with E-state index in [9.17, 15) is 71.9 Å². The Morgan fingerprint density at radius 3 is 1.24 bits per heavy atom. The van der Waals surface area contributed by atoms with Crippen molar-refractivity contribution in [3.8, 4) is 46.0 Å². The third-order valence-electron chi connectivity index (χ3n) is 9.03. The zero-order chi connectivity index (χ0) is 60.7. The fourth-order valence-electron chi connectivity index (χ4n) is 5.81. The van der Waals surface area contributed by atoms with Gasteiger partial charge >= 0.3 is 18.7 Å². The second kappa shape index (κ2) is 23.6. The van der Waals surface area contributed by atoms with Gasteiger partial charge in [-0.3, -0.25) is 14.4 Å². The maximum Gasteiger partial charge on any atom is 0.573 e. The molecular formula is C45H29F14N5O11. The molecule has 0 spiro atoms. The highest BCUT2D eigenvalue weighted by atomic mass is 19.4. The maximum absolute atomic E-state index is 15.1. The number of amides is 3. The number of ether oxygens (including phenoxy) is 7. The molecule has 0 atom stereocenters. The first-order chi connectivity index (χ1) is 37.5. The number of carbonyl (C=O) groups is 4. The number of hydrogen-bond donors (Lipinski definition) is 3. The largest absolute Gasteiger partial charge is 0.573 e. The predicted molar refractivity (Wildman–Crippen MR) is 226 cm³/mol. The Hall–Kier alpha value is -9.12. The predicted octanol–water partition coefficient (Wildman–Crippen LogP) is 11.4. The average molecular weight is 1090 g/mol. The van der Waals surface area contributed by atoms with E-state index >= 15 is 8.78 Å². The summed E-state index contributed by atoms with van der Waals surface area (Å²) in [6.45, 7) is 0. The normalized spacial score (nSPS) is 12.8. The fraction of sp³-hybridized carbons (Fsp3) is 0.156. The number of carbonyl (C=O) groups excluding carboxylic acids is 4. The number of alkyl halides is 10. The number of methoxy groups -OCH3 is 3. The van der Waals surface area contributed by atoms with E-state index in [4.69, 9.17) is 23.4 Å². The molecule has 6 rings (SSSR count). The summed E-state index contributed by atoms with van der Waals surface area (Å²) >= 11 is 0.